The minimum atomic E-state index is -4.48. The summed E-state index contributed by atoms with van der Waals surface area (Å²) in [5.41, 5.74) is 6.82. The van der Waals surface area contributed by atoms with Gasteiger partial charge in [0.2, 0.25) is 15.9 Å². The van der Waals surface area contributed by atoms with Crippen LogP contribution in [-0.2, 0) is 24.8 Å². The van der Waals surface area contributed by atoms with E-state index in [2.05, 4.69) is 4.72 Å². The zero-order valence-corrected chi connectivity index (χ0v) is 16.9. The molecule has 1 atom stereocenters. The Balaban J connectivity index is 2.24. The van der Waals surface area contributed by atoms with Crippen LogP contribution in [0.5, 0.6) is 0 Å². The number of aryl methyl sites for hydroxylation is 2. The van der Waals surface area contributed by atoms with Gasteiger partial charge in [-0.1, -0.05) is 39.9 Å². The first-order valence-electron chi connectivity index (χ1n) is 8.11. The molecule has 2 aromatic rings. The van der Waals surface area contributed by atoms with E-state index >= 15 is 0 Å². The van der Waals surface area contributed by atoms with Crippen LogP contribution >= 0.6 is 0 Å². The maximum absolute atomic E-state index is 12.5. The molecule has 0 bridgehead atoms. The van der Waals surface area contributed by atoms with Crippen molar-refractivity contribution >= 4 is 26.0 Å². The molecular formula is C17H21N3O6S2. The molecule has 0 radical (unpaired) electrons. The molecular weight excluding hydrogens is 406 g/mol. The summed E-state index contributed by atoms with van der Waals surface area (Å²) in [7, 11) is -8.53. The molecule has 2 rings (SSSR count). The highest BCUT2D eigenvalue weighted by molar-refractivity contribution is 7.89. The summed E-state index contributed by atoms with van der Waals surface area (Å²) in [6, 6.07) is 9.57. The Morgan fingerprint density at radius 2 is 1.39 bits per heavy atom. The average molecular weight is 428 g/mol. The van der Waals surface area contributed by atoms with Gasteiger partial charge in [0.05, 0.1) is 9.79 Å². The molecule has 11 heteroatoms. The topological polar surface area (TPSA) is 147 Å². The number of primary amides is 1. The summed E-state index contributed by atoms with van der Waals surface area (Å²) in [6.07, 6.45) is 0. The third-order valence-corrected chi connectivity index (χ3v) is 7.01. The second-order valence-electron chi connectivity index (χ2n) is 6.17. The van der Waals surface area contributed by atoms with Gasteiger partial charge in [0.1, 0.15) is 6.04 Å². The summed E-state index contributed by atoms with van der Waals surface area (Å²) < 4.78 is 51.6. The molecule has 0 fully saturated rings. The molecule has 0 spiro atoms. The van der Waals surface area contributed by atoms with Crippen molar-refractivity contribution in [1.29, 1.82) is 0 Å². The average Bonchev–Trinajstić information content (AvgIpc) is 2.62. The normalized spacial score (nSPS) is 13.4. The third kappa shape index (κ3) is 4.94. The third-order valence-electron chi connectivity index (χ3n) is 3.96. The van der Waals surface area contributed by atoms with Crippen LogP contribution < -0.4 is 10.5 Å². The van der Waals surface area contributed by atoms with Crippen molar-refractivity contribution in [3.63, 3.8) is 0 Å². The molecule has 152 valence electrons. The summed E-state index contributed by atoms with van der Waals surface area (Å²) in [5, 5.41) is 10.1. The molecule has 0 saturated carbocycles. The largest absolute Gasteiger partial charge is 0.368 e. The number of amides is 1. The quantitative estimate of drug-likeness (QED) is 0.523. The van der Waals surface area contributed by atoms with Gasteiger partial charge in [-0.05, 0) is 38.1 Å². The molecule has 1 unspecified atom stereocenters. The number of benzene rings is 2. The van der Waals surface area contributed by atoms with Gasteiger partial charge in [0, 0.05) is 6.54 Å². The Bertz CT molecular complexity index is 1050. The fraction of sp³-hybridized carbons (Fsp3) is 0.235. The molecule has 0 aliphatic carbocycles. The second-order valence-corrected chi connectivity index (χ2v) is 9.74. The van der Waals surface area contributed by atoms with Crippen molar-refractivity contribution in [3.8, 4) is 0 Å². The molecule has 0 heterocycles. The van der Waals surface area contributed by atoms with E-state index < -0.39 is 38.5 Å². The van der Waals surface area contributed by atoms with Crippen LogP contribution in [0.3, 0.4) is 0 Å². The fourth-order valence-electron chi connectivity index (χ4n) is 2.26. The van der Waals surface area contributed by atoms with E-state index in [9.17, 15) is 26.8 Å². The van der Waals surface area contributed by atoms with E-state index in [1.165, 1.54) is 36.4 Å². The van der Waals surface area contributed by atoms with Crippen LogP contribution in [0.4, 0.5) is 0 Å². The van der Waals surface area contributed by atoms with Crippen molar-refractivity contribution in [2.24, 2.45) is 5.73 Å². The van der Waals surface area contributed by atoms with Crippen molar-refractivity contribution in [2.45, 2.75) is 29.7 Å². The van der Waals surface area contributed by atoms with Gasteiger partial charge in [0.15, 0.2) is 0 Å². The number of carbonyl (C=O) groups is 1. The van der Waals surface area contributed by atoms with E-state index in [4.69, 9.17) is 5.73 Å². The number of nitrogens with one attached hydrogen (secondary N) is 1. The molecule has 4 N–H and O–H groups in total. The molecule has 1 amide bonds. The van der Waals surface area contributed by atoms with E-state index in [-0.39, 0.29) is 14.3 Å². The van der Waals surface area contributed by atoms with Crippen molar-refractivity contribution in [1.82, 2.24) is 9.19 Å². The zero-order chi connectivity index (χ0) is 21.1. The molecule has 2 aromatic carbocycles. The number of rotatable bonds is 8. The van der Waals surface area contributed by atoms with E-state index in [0.717, 1.165) is 11.1 Å². The minimum absolute atomic E-state index is 0.0767. The number of hydrogen-bond donors (Lipinski definition) is 3. The van der Waals surface area contributed by atoms with Crippen molar-refractivity contribution in [2.75, 3.05) is 6.54 Å². The highest BCUT2D eigenvalue weighted by atomic mass is 32.2. The maximum atomic E-state index is 12.5. The molecule has 0 aromatic heterocycles. The minimum Gasteiger partial charge on any atom is -0.368 e. The lowest BCUT2D eigenvalue weighted by molar-refractivity contribution is -0.130. The first-order chi connectivity index (χ1) is 12.9. The Morgan fingerprint density at radius 3 is 1.82 bits per heavy atom. The lowest BCUT2D eigenvalue weighted by Gasteiger charge is -2.23. The first kappa shape index (κ1) is 22.0. The number of nitrogens with zero attached hydrogens (tertiary/aromatic N) is 1. The number of sulfonamides is 2. The summed E-state index contributed by atoms with van der Waals surface area (Å²) in [6.45, 7) is 2.79. The standard InChI is InChI=1S/C17H21N3O6S2/c1-12-3-7-14(8-4-12)27(23,24)19-11-16(17(18)21)20(22)28(25,26)15-9-5-13(2)6-10-15/h3-10,16,19,22H,11H2,1-2H3,(H2,18,21). The number of carbonyl (C=O) groups excluding carboxylic acids is 1. The monoisotopic (exact) mass is 427 g/mol. The SMILES string of the molecule is Cc1ccc(S(=O)(=O)NCC(C(N)=O)N(O)S(=O)(=O)c2ccc(C)cc2)cc1. The second kappa shape index (κ2) is 8.37. The number of hydroxylamine groups is 1. The van der Waals surface area contributed by atoms with Gasteiger partial charge in [0.25, 0.3) is 10.0 Å². The lowest BCUT2D eigenvalue weighted by Crippen LogP contribution is -2.52. The predicted molar refractivity (Wildman–Crippen MR) is 101 cm³/mol. The smallest absolute Gasteiger partial charge is 0.265 e. The molecule has 28 heavy (non-hydrogen) atoms. The number of nitrogens with two attached hydrogens (primary N) is 1. The Labute approximate surface area is 163 Å². The van der Waals surface area contributed by atoms with Gasteiger partial charge in [-0.15, -0.1) is 0 Å². The van der Waals surface area contributed by atoms with Gasteiger partial charge in [-0.3, -0.25) is 10.0 Å². The van der Waals surface area contributed by atoms with E-state index in [1.807, 2.05) is 0 Å². The van der Waals surface area contributed by atoms with Crippen LogP contribution in [0.25, 0.3) is 0 Å². The predicted octanol–water partition coefficient (Wildman–Crippen LogP) is 0.516. The first-order valence-corrected chi connectivity index (χ1v) is 11.0. The summed E-state index contributed by atoms with van der Waals surface area (Å²) in [4.78, 5) is 11.3. The van der Waals surface area contributed by atoms with E-state index in [1.54, 1.807) is 26.0 Å². The van der Waals surface area contributed by atoms with Crippen LogP contribution in [0.15, 0.2) is 58.3 Å². The lowest BCUT2D eigenvalue weighted by atomic mass is 10.2. The maximum Gasteiger partial charge on any atom is 0.265 e. The molecule has 0 aliphatic rings. The van der Waals surface area contributed by atoms with Crippen LogP contribution in [0.2, 0.25) is 0 Å². The van der Waals surface area contributed by atoms with E-state index in [0.29, 0.717) is 0 Å². The van der Waals surface area contributed by atoms with Crippen LogP contribution in [0, 0.1) is 13.8 Å². The van der Waals surface area contributed by atoms with Gasteiger partial charge < -0.3 is 5.73 Å². The highest BCUT2D eigenvalue weighted by Gasteiger charge is 2.35. The fourth-order valence-corrected chi connectivity index (χ4v) is 4.51. The number of hydrogen-bond acceptors (Lipinski definition) is 6. The molecule has 9 nitrogen and oxygen atoms in total. The summed E-state index contributed by atoms with van der Waals surface area (Å²) in [5.74, 6) is -1.22. The van der Waals surface area contributed by atoms with Crippen LogP contribution in [-0.4, -0.2) is 45.0 Å². The highest BCUT2D eigenvalue weighted by Crippen LogP contribution is 2.17. The zero-order valence-electron chi connectivity index (χ0n) is 15.2. The Morgan fingerprint density at radius 1 is 0.964 bits per heavy atom. The Kier molecular flexibility index (Phi) is 6.57. The van der Waals surface area contributed by atoms with Crippen molar-refractivity contribution in [3.05, 3.63) is 59.7 Å². The molecule has 0 saturated heterocycles. The van der Waals surface area contributed by atoms with Crippen molar-refractivity contribution < 1.29 is 26.8 Å². The molecule has 0 aliphatic heterocycles. The van der Waals surface area contributed by atoms with Gasteiger partial charge in [-0.2, -0.15) is 0 Å². The Hall–Kier alpha value is -2.31. The van der Waals surface area contributed by atoms with Gasteiger partial charge in [-0.25, -0.2) is 21.6 Å². The summed E-state index contributed by atoms with van der Waals surface area (Å²) >= 11 is 0. The van der Waals surface area contributed by atoms with Crippen LogP contribution in [0.1, 0.15) is 11.1 Å². The van der Waals surface area contributed by atoms with Gasteiger partial charge >= 0.3 is 0 Å².